The molecule has 6 aliphatic carbocycles. The Morgan fingerprint density at radius 3 is 1.14 bits per heavy atom. The predicted octanol–water partition coefficient (Wildman–Crippen LogP) is 15.1. The van der Waals surface area contributed by atoms with Crippen LogP contribution >= 0.6 is 0 Å². The van der Waals surface area contributed by atoms with E-state index in [4.69, 9.17) is 73.5 Å². The highest BCUT2D eigenvalue weighted by Crippen LogP contribution is 2.61. The third-order valence-corrected chi connectivity index (χ3v) is 26.7. The number of hydrogen-bond acceptors (Lipinski definition) is 20. The zero-order valence-electron chi connectivity index (χ0n) is 63.9. The van der Waals surface area contributed by atoms with E-state index in [1.54, 1.807) is 61.1 Å². The van der Waals surface area contributed by atoms with Gasteiger partial charge in [-0.05, 0) is 155 Å². The van der Waals surface area contributed by atoms with E-state index >= 15 is 13.2 Å². The molecule has 578 valence electrons. The standard InChI is InChI=1S/C29H33FN4O2.C29H29FN4O2.C29H32FN3O5S/c2*1-18-23-8-7-22-25(21-5-3-4-6-24(21)30)33-27(19-10-14-32-20(17-19)9-13-31)34-26(22)28(23,2)11-12-29(18)35-15-16-36-29;1-18-23-9-8-22-25(21-6-4-5-7-24(21)30)32-27(19-10-13-31-20(16-19)17-38-39(3,34)35)33-26(22)28(23,2)11-12-29(18)36-14-15-37-29/h3-6,10,14,17-18,23H,7-9,11-13,15-16,31H2,1-2H3;3-6,10,14,17-18,23H,7-9,11-12,15-16H2,1-2H3;4-7,10,13,16,18,23H,8-9,11-12,14-15,17H2,1-3H3/t3*18-,23-,28-/m111/s1. The van der Waals surface area contributed by atoms with E-state index in [1.165, 1.54) is 18.2 Å². The summed E-state index contributed by atoms with van der Waals surface area (Å²) in [5.41, 5.74) is 18.9. The Kier molecular flexibility index (Phi) is 20.8. The maximum atomic E-state index is 15.2. The number of hydrogen-bond donors (Lipinski definition) is 1. The molecule has 9 aromatic rings. The Bertz CT molecular complexity index is 5190. The van der Waals surface area contributed by atoms with Gasteiger partial charge in [0.25, 0.3) is 10.1 Å². The number of pyridine rings is 3. The summed E-state index contributed by atoms with van der Waals surface area (Å²) in [5, 5.41) is 9.15. The van der Waals surface area contributed by atoms with Crippen molar-refractivity contribution < 1.29 is 54.2 Å². The minimum atomic E-state index is -3.63. The Hall–Kier alpha value is -8.74. The van der Waals surface area contributed by atoms with Crippen LogP contribution in [0.15, 0.2) is 128 Å². The molecular formula is C87H94F3N11O9S. The van der Waals surface area contributed by atoms with Crippen molar-refractivity contribution in [3.05, 3.63) is 196 Å². The fraction of sp³-hybridized carbons (Fsp3) is 0.471. The van der Waals surface area contributed by atoms with Crippen LogP contribution in [0.1, 0.15) is 150 Å². The van der Waals surface area contributed by atoms with Crippen molar-refractivity contribution in [3.8, 4) is 74.0 Å². The van der Waals surface area contributed by atoms with Gasteiger partial charge in [-0.1, -0.05) is 77.9 Å². The van der Waals surface area contributed by atoms with Crippen LogP contribution in [-0.4, -0.2) is 123 Å². The van der Waals surface area contributed by atoms with Gasteiger partial charge in [0, 0.05) is 134 Å². The van der Waals surface area contributed by atoms with Crippen LogP contribution < -0.4 is 5.73 Å². The molecule has 111 heavy (non-hydrogen) atoms. The van der Waals surface area contributed by atoms with Gasteiger partial charge in [-0.3, -0.25) is 19.1 Å². The zero-order chi connectivity index (χ0) is 77.2. The van der Waals surface area contributed by atoms with Crippen LogP contribution in [0.5, 0.6) is 0 Å². The van der Waals surface area contributed by atoms with Gasteiger partial charge in [0.15, 0.2) is 34.8 Å². The lowest BCUT2D eigenvalue weighted by Crippen LogP contribution is -2.55. The van der Waals surface area contributed by atoms with Crippen LogP contribution in [0, 0.1) is 64.3 Å². The monoisotopic (exact) mass is 1530 g/mol. The number of fused-ring (bicyclic) bond motifs is 9. The normalized spacial score (nSPS) is 26.2. The molecule has 3 saturated heterocycles. The molecule has 6 aromatic heterocycles. The molecule has 6 fully saturated rings. The van der Waals surface area contributed by atoms with Crippen LogP contribution in [0.2, 0.25) is 0 Å². The van der Waals surface area contributed by atoms with Gasteiger partial charge >= 0.3 is 0 Å². The van der Waals surface area contributed by atoms with Crippen molar-refractivity contribution in [3.63, 3.8) is 0 Å². The molecule has 24 heteroatoms. The van der Waals surface area contributed by atoms with Crippen molar-refractivity contribution in [2.45, 2.75) is 172 Å². The predicted molar refractivity (Wildman–Crippen MR) is 410 cm³/mol. The van der Waals surface area contributed by atoms with Gasteiger partial charge in [-0.2, -0.15) is 13.7 Å². The summed E-state index contributed by atoms with van der Waals surface area (Å²) in [5.74, 6) is 0.695. The van der Waals surface area contributed by atoms with Crippen molar-refractivity contribution in [1.82, 2.24) is 44.9 Å². The van der Waals surface area contributed by atoms with E-state index < -0.39 is 27.5 Å². The number of aromatic nitrogens is 9. The quantitative estimate of drug-likeness (QED) is 0.111. The Balaban J connectivity index is 0.000000126. The Morgan fingerprint density at radius 1 is 0.477 bits per heavy atom. The molecule has 9 heterocycles. The van der Waals surface area contributed by atoms with Crippen LogP contribution in [0.25, 0.3) is 67.9 Å². The van der Waals surface area contributed by atoms with E-state index in [0.717, 1.165) is 134 Å². The van der Waals surface area contributed by atoms with Crippen LogP contribution in [0.4, 0.5) is 13.2 Å². The van der Waals surface area contributed by atoms with E-state index in [1.807, 2.05) is 48.5 Å². The second kappa shape index (κ2) is 30.3. The van der Waals surface area contributed by atoms with Crippen LogP contribution in [0.3, 0.4) is 0 Å². The molecule has 3 aliphatic heterocycles. The first-order chi connectivity index (χ1) is 53.5. The van der Waals surface area contributed by atoms with E-state index in [2.05, 4.69) is 62.6 Å². The van der Waals surface area contributed by atoms with Gasteiger partial charge in [-0.25, -0.2) is 43.1 Å². The molecule has 2 N–H and O–H groups in total. The van der Waals surface area contributed by atoms with E-state index in [9.17, 15) is 8.42 Å². The lowest BCUT2D eigenvalue weighted by Gasteiger charge is -2.54. The van der Waals surface area contributed by atoms with E-state index in [-0.39, 0.29) is 70.4 Å². The first-order valence-corrected chi connectivity index (χ1v) is 40.9. The Labute approximate surface area is 646 Å². The highest BCUT2D eigenvalue weighted by Gasteiger charge is 2.61. The summed E-state index contributed by atoms with van der Waals surface area (Å²) >= 11 is 0. The van der Waals surface area contributed by atoms with Gasteiger partial charge in [-0.15, -0.1) is 0 Å². The second-order valence-corrected chi connectivity index (χ2v) is 33.8. The average molecular weight is 1530 g/mol. The number of ether oxygens (including phenoxy) is 6. The number of nitriles is 1. The summed E-state index contributed by atoms with van der Waals surface area (Å²) < 4.78 is 110. The minimum absolute atomic E-state index is 0.169. The van der Waals surface area contributed by atoms with Gasteiger partial charge in [0.2, 0.25) is 0 Å². The summed E-state index contributed by atoms with van der Waals surface area (Å²) in [4.78, 5) is 43.4. The molecule has 0 unspecified atom stereocenters. The number of benzene rings is 3. The highest BCUT2D eigenvalue weighted by molar-refractivity contribution is 7.85. The lowest BCUT2D eigenvalue weighted by molar-refractivity contribution is -0.234. The van der Waals surface area contributed by atoms with Gasteiger partial charge in [0.05, 0.1) is 104 Å². The van der Waals surface area contributed by atoms with Crippen molar-refractivity contribution in [2.75, 3.05) is 52.4 Å². The molecule has 0 amide bonds. The van der Waals surface area contributed by atoms with Crippen molar-refractivity contribution in [2.24, 2.45) is 41.2 Å². The molecule has 0 radical (unpaired) electrons. The second-order valence-electron chi connectivity index (χ2n) is 32.1. The maximum Gasteiger partial charge on any atom is 0.264 e. The summed E-state index contributed by atoms with van der Waals surface area (Å²) in [6.07, 6.45) is 17.0. The van der Waals surface area contributed by atoms with E-state index in [0.29, 0.717) is 133 Å². The number of halogens is 3. The molecule has 20 nitrogen and oxygen atoms in total. The molecule has 18 rings (SSSR count). The van der Waals surface area contributed by atoms with Gasteiger partial charge in [0.1, 0.15) is 24.1 Å². The third kappa shape index (κ3) is 14.0. The largest absolute Gasteiger partial charge is 0.347 e. The molecule has 3 aromatic carbocycles. The smallest absolute Gasteiger partial charge is 0.264 e. The fourth-order valence-electron chi connectivity index (χ4n) is 20.4. The molecule has 9 atom stereocenters. The number of rotatable bonds is 12. The third-order valence-electron chi connectivity index (χ3n) is 26.1. The summed E-state index contributed by atoms with van der Waals surface area (Å²) in [6.45, 7) is 17.7. The number of nitrogens with zero attached hydrogens (tertiary/aromatic N) is 10. The molecular weight excluding hydrogens is 1430 g/mol. The number of nitrogens with two attached hydrogens (primary N) is 1. The summed E-state index contributed by atoms with van der Waals surface area (Å²) in [6, 6.07) is 33.7. The zero-order valence-corrected chi connectivity index (χ0v) is 64.7. The first-order valence-electron chi connectivity index (χ1n) is 39.1. The molecule has 9 aliphatic rings. The highest BCUT2D eigenvalue weighted by atomic mass is 32.2. The average Bonchev–Trinajstić information content (AvgIpc) is 0.853. The van der Waals surface area contributed by atoms with Crippen molar-refractivity contribution >= 4 is 10.1 Å². The van der Waals surface area contributed by atoms with Crippen LogP contribution in [-0.2, 0) is 97.7 Å². The van der Waals surface area contributed by atoms with Gasteiger partial charge < -0.3 is 34.2 Å². The topological polar surface area (TPSA) is 265 Å². The maximum absolute atomic E-state index is 15.2. The summed E-state index contributed by atoms with van der Waals surface area (Å²) in [7, 11) is -3.63. The SMILES string of the molecule is C[C@@H]1[C@H]2CCc3c(-c4ccccc4F)nc(-c4ccnc(CC#N)c4)nc3[C@]2(C)CCC12OCCO2.C[C@@H]1[C@H]2CCc3c(-c4ccccc4F)nc(-c4ccnc(CCN)c4)nc3[C@]2(C)CCC12OCCO2.C[C@@H]1[C@H]2CCc3c(-c4ccccc4F)nc(-c4ccnc(COS(C)(=O)=O)c4)nc3[C@]2(C)CCC12OCCO2. The molecule has 3 spiro atoms. The lowest BCUT2D eigenvalue weighted by atomic mass is 9.54. The minimum Gasteiger partial charge on any atom is -0.347 e. The fourth-order valence-corrected chi connectivity index (χ4v) is 20.7. The molecule has 0 bridgehead atoms. The first kappa shape index (κ1) is 76.3. The molecule has 3 saturated carbocycles. The Morgan fingerprint density at radius 2 is 0.802 bits per heavy atom. The van der Waals surface area contributed by atoms with Crippen molar-refractivity contribution in [1.29, 1.82) is 5.26 Å².